The number of ether oxygens (including phenoxy) is 1. The van der Waals surface area contributed by atoms with Crippen LogP contribution in [0.15, 0.2) is 24.3 Å². The third-order valence-electron chi connectivity index (χ3n) is 5.82. The second kappa shape index (κ2) is 6.96. The van der Waals surface area contributed by atoms with E-state index in [2.05, 4.69) is 5.32 Å². The van der Waals surface area contributed by atoms with Crippen molar-refractivity contribution < 1.29 is 23.9 Å². The van der Waals surface area contributed by atoms with Crippen molar-refractivity contribution in [1.29, 1.82) is 0 Å². The first-order valence-electron chi connectivity index (χ1n) is 9.01. The Morgan fingerprint density at radius 1 is 1.11 bits per heavy atom. The number of nitrogens with one attached hydrogen (secondary N) is 1. The summed E-state index contributed by atoms with van der Waals surface area (Å²) in [6.07, 6.45) is 2.89. The Hall–Kier alpha value is -2.41. The minimum absolute atomic E-state index is 0.263. The van der Waals surface area contributed by atoms with Gasteiger partial charge in [0.05, 0.1) is 22.5 Å². The molecule has 4 atom stereocenters. The summed E-state index contributed by atoms with van der Waals surface area (Å²) in [6.45, 7) is -0.956. The van der Waals surface area contributed by atoms with Gasteiger partial charge in [0.15, 0.2) is 6.61 Å². The number of benzene rings is 1. The second-order valence-corrected chi connectivity index (χ2v) is 7.74. The van der Waals surface area contributed by atoms with E-state index in [1.165, 1.54) is 0 Å². The summed E-state index contributed by atoms with van der Waals surface area (Å²) in [4.78, 5) is 50.0. The Labute approximate surface area is 161 Å². The van der Waals surface area contributed by atoms with Crippen molar-refractivity contribution in [2.75, 3.05) is 18.5 Å². The molecule has 4 rings (SSSR count). The van der Waals surface area contributed by atoms with Gasteiger partial charge in [-0.2, -0.15) is 0 Å². The lowest BCUT2D eigenvalue weighted by Crippen LogP contribution is -2.38. The molecule has 1 aromatic carbocycles. The molecule has 0 aromatic heterocycles. The molecule has 1 N–H and O–H groups in total. The zero-order chi connectivity index (χ0) is 19.1. The van der Waals surface area contributed by atoms with E-state index in [9.17, 15) is 19.2 Å². The number of fused-ring (bicyclic) bond motifs is 5. The maximum atomic E-state index is 12.5. The number of imide groups is 1. The van der Waals surface area contributed by atoms with Crippen LogP contribution in [0.3, 0.4) is 0 Å². The number of carbonyl (C=O) groups excluding carboxylic acids is 4. The Morgan fingerprint density at radius 2 is 1.74 bits per heavy atom. The van der Waals surface area contributed by atoms with E-state index in [4.69, 9.17) is 16.3 Å². The van der Waals surface area contributed by atoms with Crippen LogP contribution in [0.4, 0.5) is 5.69 Å². The standard InChI is InChI=1S/C19H19ClN2O5/c20-12-3-1-2-4-13(12)21-14(23)9-27-15(24)8-22-18(25)16-10-5-6-11(7-10)17(16)19(22)26/h1-4,10-11,16-17H,5-9H2,(H,21,23)/t10-,11+,16-,17+. The lowest BCUT2D eigenvalue weighted by Gasteiger charge is -2.19. The van der Waals surface area contributed by atoms with Crippen LogP contribution in [0, 0.1) is 23.7 Å². The van der Waals surface area contributed by atoms with E-state index in [-0.39, 0.29) is 35.5 Å². The Balaban J connectivity index is 1.30. The van der Waals surface area contributed by atoms with E-state index < -0.39 is 25.0 Å². The molecule has 1 aromatic rings. The maximum Gasteiger partial charge on any atom is 0.326 e. The molecule has 1 saturated heterocycles. The van der Waals surface area contributed by atoms with Crippen LogP contribution in [0.1, 0.15) is 19.3 Å². The van der Waals surface area contributed by atoms with Gasteiger partial charge in [0, 0.05) is 0 Å². The Morgan fingerprint density at radius 3 is 2.37 bits per heavy atom. The smallest absolute Gasteiger partial charge is 0.326 e. The number of para-hydroxylation sites is 1. The second-order valence-electron chi connectivity index (χ2n) is 7.34. The van der Waals surface area contributed by atoms with Gasteiger partial charge >= 0.3 is 5.97 Å². The summed E-state index contributed by atoms with van der Waals surface area (Å²) in [7, 11) is 0. The van der Waals surface area contributed by atoms with Gasteiger partial charge in [-0.1, -0.05) is 23.7 Å². The monoisotopic (exact) mass is 390 g/mol. The molecule has 0 unspecified atom stereocenters. The summed E-state index contributed by atoms with van der Waals surface area (Å²) >= 11 is 5.95. The minimum Gasteiger partial charge on any atom is -0.454 e. The summed E-state index contributed by atoms with van der Waals surface area (Å²) in [5.41, 5.74) is 0.411. The molecule has 3 aliphatic rings. The lowest BCUT2D eigenvalue weighted by atomic mass is 9.81. The minimum atomic E-state index is -0.779. The van der Waals surface area contributed by atoms with Crippen LogP contribution in [-0.2, 0) is 23.9 Å². The van der Waals surface area contributed by atoms with Gasteiger partial charge in [0.2, 0.25) is 11.8 Å². The van der Waals surface area contributed by atoms with E-state index in [0.29, 0.717) is 10.7 Å². The fourth-order valence-electron chi connectivity index (χ4n) is 4.70. The van der Waals surface area contributed by atoms with Gasteiger partial charge in [-0.25, -0.2) is 0 Å². The molecule has 27 heavy (non-hydrogen) atoms. The number of rotatable bonds is 5. The number of anilines is 1. The van der Waals surface area contributed by atoms with Crippen molar-refractivity contribution in [2.45, 2.75) is 19.3 Å². The molecule has 3 amide bonds. The number of hydrogen-bond donors (Lipinski definition) is 1. The fourth-order valence-corrected chi connectivity index (χ4v) is 4.88. The van der Waals surface area contributed by atoms with Crippen LogP contribution in [0.25, 0.3) is 0 Å². The molecule has 1 heterocycles. The van der Waals surface area contributed by atoms with Crippen LogP contribution in [0.5, 0.6) is 0 Å². The largest absolute Gasteiger partial charge is 0.454 e. The lowest BCUT2D eigenvalue weighted by molar-refractivity contribution is -0.154. The predicted molar refractivity (Wildman–Crippen MR) is 95.6 cm³/mol. The number of hydrogen-bond acceptors (Lipinski definition) is 5. The Bertz CT molecular complexity index is 798. The number of amides is 3. The number of likely N-dealkylation sites (tertiary alicyclic amines) is 1. The average Bonchev–Trinajstić information content (AvgIpc) is 3.32. The molecule has 8 heteroatoms. The highest BCUT2D eigenvalue weighted by atomic mass is 35.5. The molecular weight excluding hydrogens is 372 g/mol. The van der Waals surface area contributed by atoms with Crippen LogP contribution >= 0.6 is 11.6 Å². The maximum absolute atomic E-state index is 12.5. The Kier molecular flexibility index (Phi) is 4.63. The first-order chi connectivity index (χ1) is 13.0. The van der Waals surface area contributed by atoms with E-state index in [1.807, 2.05) is 0 Å². The third-order valence-corrected chi connectivity index (χ3v) is 6.15. The van der Waals surface area contributed by atoms with E-state index in [0.717, 1.165) is 24.2 Å². The van der Waals surface area contributed by atoms with Gasteiger partial charge in [-0.15, -0.1) is 0 Å². The molecular formula is C19H19ClN2O5. The van der Waals surface area contributed by atoms with Crippen molar-refractivity contribution >= 4 is 41.0 Å². The van der Waals surface area contributed by atoms with Crippen molar-refractivity contribution in [3.63, 3.8) is 0 Å². The quantitative estimate of drug-likeness (QED) is 0.611. The van der Waals surface area contributed by atoms with Gasteiger partial charge in [0.1, 0.15) is 6.54 Å². The van der Waals surface area contributed by atoms with Gasteiger partial charge in [0.25, 0.3) is 5.91 Å². The number of nitrogens with zero attached hydrogens (tertiary/aromatic N) is 1. The van der Waals surface area contributed by atoms with E-state index >= 15 is 0 Å². The molecule has 7 nitrogen and oxygen atoms in total. The molecule has 2 bridgehead atoms. The highest BCUT2D eigenvalue weighted by Crippen LogP contribution is 2.56. The SMILES string of the molecule is O=C(COC(=O)CN1C(=O)[C@@H]2[C@@H]3CC[C@@H](C3)[C@@H]2C1=O)Nc1ccccc1Cl. The molecule has 0 spiro atoms. The first kappa shape index (κ1) is 18.0. The van der Waals surface area contributed by atoms with Gasteiger partial charge in [-0.3, -0.25) is 24.1 Å². The summed E-state index contributed by atoms with van der Waals surface area (Å²) in [6, 6.07) is 6.68. The summed E-state index contributed by atoms with van der Waals surface area (Å²) < 4.78 is 4.93. The van der Waals surface area contributed by atoms with Crippen molar-refractivity contribution in [3.05, 3.63) is 29.3 Å². The van der Waals surface area contributed by atoms with E-state index in [1.54, 1.807) is 24.3 Å². The highest BCUT2D eigenvalue weighted by molar-refractivity contribution is 6.33. The predicted octanol–water partition coefficient (Wildman–Crippen LogP) is 1.85. The molecule has 2 aliphatic carbocycles. The third kappa shape index (κ3) is 3.20. The van der Waals surface area contributed by atoms with Gasteiger partial charge in [-0.05, 0) is 43.2 Å². The average molecular weight is 391 g/mol. The molecule has 1 aliphatic heterocycles. The van der Waals surface area contributed by atoms with Crippen molar-refractivity contribution in [1.82, 2.24) is 4.90 Å². The van der Waals surface area contributed by atoms with Crippen molar-refractivity contribution in [3.8, 4) is 0 Å². The number of carbonyl (C=O) groups is 4. The molecule has 3 fully saturated rings. The molecule has 142 valence electrons. The highest BCUT2D eigenvalue weighted by Gasteiger charge is 2.61. The van der Waals surface area contributed by atoms with Crippen molar-refractivity contribution in [2.24, 2.45) is 23.7 Å². The molecule has 0 radical (unpaired) electrons. The number of esters is 1. The van der Waals surface area contributed by atoms with Crippen LogP contribution < -0.4 is 5.32 Å². The fraction of sp³-hybridized carbons (Fsp3) is 0.474. The van der Waals surface area contributed by atoms with Gasteiger partial charge < -0.3 is 10.1 Å². The molecule has 2 saturated carbocycles. The van der Waals surface area contributed by atoms with Crippen LogP contribution in [0.2, 0.25) is 5.02 Å². The zero-order valence-electron chi connectivity index (χ0n) is 14.5. The zero-order valence-corrected chi connectivity index (χ0v) is 15.3. The first-order valence-corrected chi connectivity index (χ1v) is 9.38. The normalized spacial score (nSPS) is 28.4. The summed E-state index contributed by atoms with van der Waals surface area (Å²) in [5.74, 6) is -1.88. The summed E-state index contributed by atoms with van der Waals surface area (Å²) in [5, 5.41) is 2.90. The van der Waals surface area contributed by atoms with Crippen LogP contribution in [-0.4, -0.2) is 41.7 Å². The topological polar surface area (TPSA) is 92.8 Å². The number of halogens is 1.